The summed E-state index contributed by atoms with van der Waals surface area (Å²) in [6.07, 6.45) is -6.48. The van der Waals surface area contributed by atoms with Gasteiger partial charge in [0.25, 0.3) is 0 Å². The number of hydrogen-bond donors (Lipinski definition) is 0. The number of carbonyl (C=O) groups is 2. The fourth-order valence-electron chi connectivity index (χ4n) is 2.10. The third-order valence-electron chi connectivity index (χ3n) is 3.06. The molecule has 0 spiro atoms. The molecule has 1 aromatic rings. The van der Waals surface area contributed by atoms with Crippen LogP contribution in [0.3, 0.4) is 0 Å². The highest BCUT2D eigenvalue weighted by molar-refractivity contribution is 6.40. The van der Waals surface area contributed by atoms with Crippen molar-refractivity contribution < 1.29 is 32.6 Å². The van der Waals surface area contributed by atoms with Crippen molar-refractivity contribution in [2.45, 2.75) is 25.6 Å². The molecule has 0 unspecified atom stereocenters. The van der Waals surface area contributed by atoms with Gasteiger partial charge in [0.05, 0.1) is 11.1 Å². The van der Waals surface area contributed by atoms with E-state index in [-0.39, 0.29) is 21.9 Å². The zero-order chi connectivity index (χ0) is 18.1. The van der Waals surface area contributed by atoms with Crippen LogP contribution in [0.25, 0.3) is 6.08 Å². The van der Waals surface area contributed by atoms with Gasteiger partial charge < -0.3 is 14.6 Å². The molecule has 0 fully saturated rings. The van der Waals surface area contributed by atoms with Gasteiger partial charge in [0.15, 0.2) is 0 Å². The Morgan fingerprint density at radius 3 is 2.58 bits per heavy atom. The molecule has 1 aliphatic heterocycles. The highest BCUT2D eigenvalue weighted by atomic mass is 35.5. The van der Waals surface area contributed by atoms with Crippen LogP contribution in [-0.4, -0.2) is 24.0 Å². The van der Waals surface area contributed by atoms with E-state index in [0.717, 1.165) is 6.08 Å². The number of ketones is 1. The van der Waals surface area contributed by atoms with E-state index in [9.17, 15) is 27.9 Å². The maximum Gasteiger partial charge on any atom is 0.429 e. The second-order valence-electron chi connectivity index (χ2n) is 4.78. The molecule has 0 aliphatic carbocycles. The largest absolute Gasteiger partial charge is 0.541 e. The molecule has 0 N–H and O–H groups in total. The third kappa shape index (κ3) is 3.54. The lowest BCUT2D eigenvalue weighted by Crippen LogP contribution is -2.44. The first-order valence-electron chi connectivity index (χ1n) is 6.68. The number of aliphatic carboxylic acids is 1. The highest BCUT2D eigenvalue weighted by Gasteiger charge is 2.48. The minimum Gasteiger partial charge on any atom is -0.541 e. The Morgan fingerprint density at radius 1 is 1.38 bits per heavy atom. The zero-order valence-corrected chi connectivity index (χ0v) is 12.9. The van der Waals surface area contributed by atoms with Crippen molar-refractivity contribution in [2.24, 2.45) is 0 Å². The van der Waals surface area contributed by atoms with Crippen LogP contribution in [0.4, 0.5) is 13.2 Å². The van der Waals surface area contributed by atoms with Gasteiger partial charge in [-0.15, -0.1) is 0 Å². The number of alkyl halides is 3. The third-order valence-corrected chi connectivity index (χ3v) is 3.27. The van der Waals surface area contributed by atoms with Gasteiger partial charge in [0, 0.05) is 17.0 Å². The molecule has 1 aliphatic rings. The summed E-state index contributed by atoms with van der Waals surface area (Å²) in [6, 6.07) is 2.58. The van der Waals surface area contributed by atoms with Crippen molar-refractivity contribution in [3.8, 4) is 17.6 Å². The average Bonchev–Trinajstić information content (AvgIpc) is 2.49. The number of carbonyl (C=O) groups excluding carboxylic acids is 2. The predicted octanol–water partition coefficient (Wildman–Crippen LogP) is 2.13. The van der Waals surface area contributed by atoms with Gasteiger partial charge in [-0.2, -0.15) is 13.2 Å². The lowest BCUT2D eigenvalue weighted by atomic mass is 9.96. The van der Waals surface area contributed by atoms with Gasteiger partial charge in [0.1, 0.15) is 11.7 Å². The van der Waals surface area contributed by atoms with Gasteiger partial charge in [-0.25, -0.2) is 0 Å². The average molecular weight is 358 g/mol. The van der Waals surface area contributed by atoms with Crippen LogP contribution in [0.2, 0.25) is 5.02 Å². The Kier molecular flexibility index (Phi) is 4.90. The van der Waals surface area contributed by atoms with Crippen LogP contribution in [0.1, 0.15) is 24.5 Å². The molecule has 0 aromatic heterocycles. The van der Waals surface area contributed by atoms with E-state index in [1.54, 1.807) is 6.92 Å². The summed E-state index contributed by atoms with van der Waals surface area (Å²) < 4.78 is 44.4. The monoisotopic (exact) mass is 357 g/mol. The normalized spacial score (nSPS) is 16.2. The van der Waals surface area contributed by atoms with Crippen molar-refractivity contribution in [1.82, 2.24) is 0 Å². The van der Waals surface area contributed by atoms with Gasteiger partial charge in [-0.3, -0.25) is 4.79 Å². The maximum absolute atomic E-state index is 13.2. The second-order valence-corrected chi connectivity index (χ2v) is 5.22. The van der Waals surface area contributed by atoms with Crippen LogP contribution in [0.15, 0.2) is 17.7 Å². The molecule has 0 saturated carbocycles. The van der Waals surface area contributed by atoms with Crippen LogP contribution in [0, 0.1) is 11.8 Å². The summed E-state index contributed by atoms with van der Waals surface area (Å²) in [5, 5.41) is 10.8. The van der Waals surface area contributed by atoms with Gasteiger partial charge in [-0.1, -0.05) is 30.4 Å². The Hall–Kier alpha value is -2.46. The first kappa shape index (κ1) is 17.9. The quantitative estimate of drug-likeness (QED) is 0.601. The van der Waals surface area contributed by atoms with Crippen LogP contribution < -0.4 is 9.84 Å². The maximum atomic E-state index is 13.2. The molecule has 0 amide bonds. The molecule has 1 aromatic carbocycles. The van der Waals surface area contributed by atoms with Gasteiger partial charge in [-0.05, 0) is 18.2 Å². The molecule has 126 valence electrons. The van der Waals surface area contributed by atoms with Crippen LogP contribution >= 0.6 is 11.6 Å². The predicted molar refractivity (Wildman–Crippen MR) is 77.1 cm³/mol. The summed E-state index contributed by atoms with van der Waals surface area (Å²) in [4.78, 5) is 22.2. The SMILES string of the molecule is CCC#Cc1cc(Cl)cc2c1O[C@H](C(F)(F)F)C(C(=O)C(=O)[O-])=C2. The van der Waals surface area contributed by atoms with Crippen molar-refractivity contribution in [3.63, 3.8) is 0 Å². The Morgan fingerprint density at radius 2 is 2.04 bits per heavy atom. The molecule has 0 radical (unpaired) electrons. The molecule has 1 heterocycles. The first-order chi connectivity index (χ1) is 11.1. The Bertz CT molecular complexity index is 800. The standard InChI is InChI=1S/C16H10ClF3O4/c1-2-3-4-8-5-10(17)6-9-7-11(12(21)15(22)23)14(16(18,19)20)24-13(8)9/h5-7,14H,2H2,1H3,(H,22,23)/p-1/t14-/m0/s1. The number of carboxylic acid groups (broad SMARTS) is 1. The second kappa shape index (κ2) is 6.57. The van der Waals surface area contributed by atoms with E-state index >= 15 is 0 Å². The van der Waals surface area contributed by atoms with Crippen molar-refractivity contribution in [2.75, 3.05) is 0 Å². The number of carboxylic acids is 1. The summed E-state index contributed by atoms with van der Waals surface area (Å²) in [5.74, 6) is 1.05. The number of fused-ring (bicyclic) bond motifs is 1. The van der Waals surface area contributed by atoms with Crippen LogP contribution in [-0.2, 0) is 9.59 Å². The number of rotatable bonds is 2. The number of benzene rings is 1. The Labute approximate surface area is 139 Å². The van der Waals surface area contributed by atoms with E-state index in [0.29, 0.717) is 6.42 Å². The number of halogens is 4. The van der Waals surface area contributed by atoms with E-state index in [4.69, 9.17) is 16.3 Å². The number of Topliss-reactive ketones (excluding diaryl/α,β-unsaturated/α-hetero) is 1. The summed E-state index contributed by atoms with van der Waals surface area (Å²) in [7, 11) is 0. The molecule has 0 saturated heterocycles. The molecular formula is C16H9ClF3O4-. The molecule has 4 nitrogen and oxygen atoms in total. The number of hydrogen-bond acceptors (Lipinski definition) is 4. The smallest absolute Gasteiger partial charge is 0.429 e. The first-order valence-corrected chi connectivity index (χ1v) is 7.06. The fourth-order valence-corrected chi connectivity index (χ4v) is 2.33. The fraction of sp³-hybridized carbons (Fsp3) is 0.250. The zero-order valence-electron chi connectivity index (χ0n) is 12.2. The minimum atomic E-state index is -5.00. The van der Waals surface area contributed by atoms with Crippen molar-refractivity contribution in [1.29, 1.82) is 0 Å². The molecular weight excluding hydrogens is 349 g/mol. The van der Waals surface area contributed by atoms with Crippen LogP contribution in [0.5, 0.6) is 5.75 Å². The van der Waals surface area contributed by atoms with Crippen molar-refractivity contribution in [3.05, 3.63) is 33.9 Å². The summed E-state index contributed by atoms with van der Waals surface area (Å²) in [6.45, 7) is 1.75. The minimum absolute atomic E-state index is 0.0352. The molecule has 1 atom stereocenters. The molecule has 2 rings (SSSR count). The van der Waals surface area contributed by atoms with Crippen molar-refractivity contribution >= 4 is 29.4 Å². The lowest BCUT2D eigenvalue weighted by molar-refractivity contribution is -0.299. The Balaban J connectivity index is 2.68. The van der Waals surface area contributed by atoms with E-state index in [1.165, 1.54) is 12.1 Å². The van der Waals surface area contributed by atoms with Gasteiger partial charge >= 0.3 is 6.18 Å². The highest BCUT2D eigenvalue weighted by Crippen LogP contribution is 2.40. The van der Waals surface area contributed by atoms with E-state index < -0.39 is 29.6 Å². The summed E-state index contributed by atoms with van der Waals surface area (Å²) >= 11 is 5.89. The summed E-state index contributed by atoms with van der Waals surface area (Å²) in [5.41, 5.74) is -0.926. The number of ether oxygens (including phenoxy) is 1. The topological polar surface area (TPSA) is 66.4 Å². The lowest BCUT2D eigenvalue weighted by Gasteiger charge is -2.29. The van der Waals surface area contributed by atoms with E-state index in [2.05, 4.69) is 11.8 Å². The van der Waals surface area contributed by atoms with Gasteiger partial charge in [0.2, 0.25) is 11.9 Å². The molecule has 0 bridgehead atoms. The molecule has 24 heavy (non-hydrogen) atoms. The molecule has 8 heteroatoms. The van der Waals surface area contributed by atoms with E-state index in [1.807, 2.05) is 0 Å².